The van der Waals surface area contributed by atoms with Crippen LogP contribution in [-0.2, 0) is 0 Å². The van der Waals surface area contributed by atoms with E-state index < -0.39 is 6.09 Å². The van der Waals surface area contributed by atoms with Crippen LogP contribution in [0.5, 0.6) is 0 Å². The zero-order chi connectivity index (χ0) is 11.7. The Morgan fingerprint density at radius 3 is 3.06 bits per heavy atom. The monoisotopic (exact) mass is 245 g/mol. The predicted molar refractivity (Wildman–Crippen MR) is 58.5 cm³/mol. The maximum Gasteiger partial charge on any atom is 0.407 e. The molecule has 0 aromatic carbocycles. The first kappa shape index (κ1) is 11.1. The maximum atomic E-state index is 12.8. The molecule has 1 unspecified atom stereocenters. The molecule has 1 N–H and O–H groups in total. The number of amides is 1. The van der Waals surface area contributed by atoms with Gasteiger partial charge in [0.2, 0.25) is 0 Å². The minimum atomic E-state index is -0.902. The quantitative estimate of drug-likeness (QED) is 0.857. The van der Waals surface area contributed by atoms with E-state index in [-0.39, 0.29) is 11.2 Å². The first-order chi connectivity index (χ1) is 7.58. The Kier molecular flexibility index (Phi) is 2.95. The lowest BCUT2D eigenvalue weighted by Crippen LogP contribution is -2.35. The molecule has 2 heterocycles. The van der Waals surface area contributed by atoms with E-state index in [0.29, 0.717) is 18.2 Å². The van der Waals surface area contributed by atoms with Gasteiger partial charge in [-0.1, -0.05) is 11.3 Å². The Hall–Kier alpha value is -1.37. The minimum Gasteiger partial charge on any atom is -0.465 e. The van der Waals surface area contributed by atoms with E-state index >= 15 is 0 Å². The molecular formula is C9H12FN3O2S. The molecule has 1 aliphatic rings. The van der Waals surface area contributed by atoms with E-state index in [1.54, 1.807) is 0 Å². The molecule has 1 aliphatic heterocycles. The van der Waals surface area contributed by atoms with Crippen LogP contribution >= 0.6 is 11.3 Å². The van der Waals surface area contributed by atoms with E-state index in [1.165, 1.54) is 11.1 Å². The standard InChI is InChI=1S/C9H12FN3O2S/c1-12(8-11-4-7(10)16-8)6-2-3-13(5-6)9(14)15/h4,6H,2-3,5H2,1H3,(H,14,15). The number of carbonyl (C=O) groups is 1. The highest BCUT2D eigenvalue weighted by molar-refractivity contribution is 7.14. The van der Waals surface area contributed by atoms with Crippen molar-refractivity contribution in [1.29, 1.82) is 0 Å². The number of carboxylic acid groups (broad SMARTS) is 1. The van der Waals surface area contributed by atoms with Crippen LogP contribution in [0, 0.1) is 5.13 Å². The van der Waals surface area contributed by atoms with Crippen molar-refractivity contribution in [2.24, 2.45) is 0 Å². The second-order valence-electron chi connectivity index (χ2n) is 3.73. The second kappa shape index (κ2) is 4.25. The summed E-state index contributed by atoms with van der Waals surface area (Å²) in [6, 6.07) is 0.0849. The first-order valence-corrected chi connectivity index (χ1v) is 5.71. The Bertz CT molecular complexity index is 398. The normalized spacial score (nSPS) is 20.1. The molecule has 1 aromatic rings. The van der Waals surface area contributed by atoms with Gasteiger partial charge < -0.3 is 14.9 Å². The Morgan fingerprint density at radius 1 is 1.81 bits per heavy atom. The third-order valence-corrected chi connectivity index (χ3v) is 3.63. The third kappa shape index (κ3) is 2.08. The average Bonchev–Trinajstić information content (AvgIpc) is 2.84. The number of nitrogens with zero attached hydrogens (tertiary/aromatic N) is 3. The molecule has 1 saturated heterocycles. The third-order valence-electron chi connectivity index (χ3n) is 2.75. The highest BCUT2D eigenvalue weighted by Crippen LogP contribution is 2.25. The van der Waals surface area contributed by atoms with Gasteiger partial charge in [-0.05, 0) is 6.42 Å². The van der Waals surface area contributed by atoms with Gasteiger partial charge in [0.05, 0.1) is 12.2 Å². The molecule has 88 valence electrons. The molecule has 0 saturated carbocycles. The van der Waals surface area contributed by atoms with E-state index in [0.717, 1.165) is 17.8 Å². The summed E-state index contributed by atoms with van der Waals surface area (Å²) in [6.45, 7) is 0.977. The number of halogens is 1. The van der Waals surface area contributed by atoms with Crippen LogP contribution < -0.4 is 4.90 Å². The molecule has 16 heavy (non-hydrogen) atoms. The van der Waals surface area contributed by atoms with Gasteiger partial charge in [-0.15, -0.1) is 0 Å². The molecule has 0 bridgehead atoms. The Labute approximate surface area is 96.1 Å². The van der Waals surface area contributed by atoms with Gasteiger partial charge >= 0.3 is 6.09 Å². The number of likely N-dealkylation sites (N-methyl/N-ethyl adjacent to an activating group) is 1. The summed E-state index contributed by atoms with van der Waals surface area (Å²) in [5.74, 6) is 0. The number of aromatic nitrogens is 1. The van der Waals surface area contributed by atoms with Crippen molar-refractivity contribution in [2.75, 3.05) is 25.0 Å². The number of thiazole rings is 1. The topological polar surface area (TPSA) is 56.7 Å². The minimum absolute atomic E-state index is 0.0849. The zero-order valence-electron chi connectivity index (χ0n) is 8.76. The summed E-state index contributed by atoms with van der Waals surface area (Å²) in [7, 11) is 1.81. The molecule has 7 heteroatoms. The Morgan fingerprint density at radius 2 is 2.56 bits per heavy atom. The van der Waals surface area contributed by atoms with Crippen molar-refractivity contribution in [1.82, 2.24) is 9.88 Å². The summed E-state index contributed by atoms with van der Waals surface area (Å²) < 4.78 is 12.8. The second-order valence-corrected chi connectivity index (χ2v) is 4.69. The SMILES string of the molecule is CN(c1ncc(F)s1)C1CCN(C(=O)O)C1. The lowest BCUT2D eigenvalue weighted by molar-refractivity contribution is 0.155. The van der Waals surface area contributed by atoms with Gasteiger partial charge in [-0.3, -0.25) is 0 Å². The molecule has 1 fully saturated rings. The van der Waals surface area contributed by atoms with Gasteiger partial charge in [-0.25, -0.2) is 9.78 Å². The van der Waals surface area contributed by atoms with E-state index in [4.69, 9.17) is 5.11 Å². The summed E-state index contributed by atoms with van der Waals surface area (Å²) >= 11 is 0.975. The molecule has 5 nitrogen and oxygen atoms in total. The molecule has 0 aliphatic carbocycles. The van der Waals surface area contributed by atoms with E-state index in [2.05, 4.69) is 4.98 Å². The van der Waals surface area contributed by atoms with Crippen LogP contribution in [0.4, 0.5) is 14.3 Å². The number of likely N-dealkylation sites (tertiary alicyclic amines) is 1. The van der Waals surface area contributed by atoms with Crippen molar-refractivity contribution in [2.45, 2.75) is 12.5 Å². The zero-order valence-corrected chi connectivity index (χ0v) is 9.58. The van der Waals surface area contributed by atoms with Crippen molar-refractivity contribution in [3.8, 4) is 0 Å². The van der Waals surface area contributed by atoms with Gasteiger partial charge in [0.25, 0.3) is 0 Å². The smallest absolute Gasteiger partial charge is 0.407 e. The van der Waals surface area contributed by atoms with Crippen molar-refractivity contribution < 1.29 is 14.3 Å². The van der Waals surface area contributed by atoms with Crippen molar-refractivity contribution in [3.05, 3.63) is 11.3 Å². The van der Waals surface area contributed by atoms with Crippen LogP contribution in [0.25, 0.3) is 0 Å². The average molecular weight is 245 g/mol. The fourth-order valence-corrected chi connectivity index (χ4v) is 2.48. The molecule has 1 amide bonds. The number of rotatable bonds is 2. The molecule has 1 aromatic heterocycles. The molecule has 0 radical (unpaired) electrons. The number of hydrogen-bond donors (Lipinski definition) is 1. The van der Waals surface area contributed by atoms with Crippen molar-refractivity contribution >= 4 is 22.6 Å². The highest BCUT2D eigenvalue weighted by atomic mass is 32.1. The number of anilines is 1. The van der Waals surface area contributed by atoms with Gasteiger partial charge in [-0.2, -0.15) is 4.39 Å². The van der Waals surface area contributed by atoms with Gasteiger partial charge in [0.15, 0.2) is 10.3 Å². The first-order valence-electron chi connectivity index (χ1n) is 4.90. The van der Waals surface area contributed by atoms with Crippen LogP contribution in [0.2, 0.25) is 0 Å². The van der Waals surface area contributed by atoms with Crippen LogP contribution in [0.1, 0.15) is 6.42 Å². The Balaban J connectivity index is 2.02. The lowest BCUT2D eigenvalue weighted by Gasteiger charge is -2.23. The van der Waals surface area contributed by atoms with Crippen LogP contribution in [0.3, 0.4) is 0 Å². The molecular weight excluding hydrogens is 233 g/mol. The fraction of sp³-hybridized carbons (Fsp3) is 0.556. The highest BCUT2D eigenvalue weighted by Gasteiger charge is 2.29. The summed E-state index contributed by atoms with van der Waals surface area (Å²) in [5.41, 5.74) is 0. The van der Waals surface area contributed by atoms with Gasteiger partial charge in [0, 0.05) is 20.1 Å². The molecule has 1 atom stereocenters. The summed E-state index contributed by atoms with van der Waals surface area (Å²) in [5, 5.41) is 9.09. The maximum absolute atomic E-state index is 12.8. The van der Waals surface area contributed by atoms with Gasteiger partial charge in [0.1, 0.15) is 0 Å². The number of hydrogen-bond acceptors (Lipinski definition) is 4. The summed E-state index contributed by atoms with van der Waals surface area (Å²) in [4.78, 5) is 17.9. The van der Waals surface area contributed by atoms with E-state index in [9.17, 15) is 9.18 Å². The van der Waals surface area contributed by atoms with Crippen LogP contribution in [-0.4, -0.2) is 47.3 Å². The predicted octanol–water partition coefficient (Wildman–Crippen LogP) is 1.47. The lowest BCUT2D eigenvalue weighted by atomic mass is 10.2. The van der Waals surface area contributed by atoms with Crippen LogP contribution in [0.15, 0.2) is 6.20 Å². The molecule has 2 rings (SSSR count). The van der Waals surface area contributed by atoms with Crippen molar-refractivity contribution in [3.63, 3.8) is 0 Å². The van der Waals surface area contributed by atoms with E-state index in [1.807, 2.05) is 11.9 Å². The largest absolute Gasteiger partial charge is 0.465 e. The molecule has 0 spiro atoms. The summed E-state index contributed by atoms with van der Waals surface area (Å²) in [6.07, 6.45) is 1.03. The fourth-order valence-electron chi connectivity index (χ4n) is 1.80.